The molecule has 4 rings (SSSR count). The molecule has 7 nitrogen and oxygen atoms in total. The average molecular weight is 436 g/mol. The predicted molar refractivity (Wildman–Crippen MR) is 117 cm³/mol. The van der Waals surface area contributed by atoms with Crippen LogP contribution in [-0.2, 0) is 22.1 Å². The third-order valence-electron chi connectivity index (χ3n) is 4.65. The molecule has 0 fully saturated rings. The molecule has 0 radical (unpaired) electrons. The Morgan fingerprint density at radius 2 is 1.74 bits per heavy atom. The highest BCUT2D eigenvalue weighted by Crippen LogP contribution is 2.27. The number of sulfone groups is 1. The number of rotatable bonds is 8. The van der Waals surface area contributed by atoms with E-state index in [4.69, 9.17) is 9.26 Å². The summed E-state index contributed by atoms with van der Waals surface area (Å²) in [5.74, 6) is 1.43. The Bertz CT molecular complexity index is 1270. The zero-order valence-electron chi connectivity index (χ0n) is 16.9. The zero-order valence-corrected chi connectivity index (χ0v) is 17.7. The first-order chi connectivity index (χ1) is 15.0. The molecule has 0 unspecified atom stereocenters. The fraction of sp³-hybridized carbons (Fsp3) is 0.130. The van der Waals surface area contributed by atoms with E-state index in [0.29, 0.717) is 34.5 Å². The molecular weight excluding hydrogens is 414 g/mol. The Hall–Kier alpha value is -3.65. The van der Waals surface area contributed by atoms with Crippen LogP contribution in [0.25, 0.3) is 11.4 Å². The molecule has 3 aromatic carbocycles. The summed E-state index contributed by atoms with van der Waals surface area (Å²) in [5.41, 5.74) is 2.19. The van der Waals surface area contributed by atoms with Gasteiger partial charge in [-0.05, 0) is 42.0 Å². The van der Waals surface area contributed by atoms with E-state index in [1.807, 2.05) is 36.4 Å². The Balaban J connectivity index is 1.44. The van der Waals surface area contributed by atoms with Crippen molar-refractivity contribution in [3.63, 3.8) is 0 Å². The van der Waals surface area contributed by atoms with Gasteiger partial charge in [0.25, 0.3) is 0 Å². The van der Waals surface area contributed by atoms with Crippen LogP contribution >= 0.6 is 0 Å². The summed E-state index contributed by atoms with van der Waals surface area (Å²) in [4.78, 5) is 4.72. The molecule has 1 N–H and O–H groups in total. The van der Waals surface area contributed by atoms with Crippen LogP contribution in [0.1, 0.15) is 11.5 Å². The molecule has 0 aliphatic carbocycles. The fourth-order valence-electron chi connectivity index (χ4n) is 3.14. The van der Waals surface area contributed by atoms with Crippen LogP contribution in [-0.4, -0.2) is 25.7 Å². The first-order valence-electron chi connectivity index (χ1n) is 9.62. The second-order valence-electron chi connectivity index (χ2n) is 6.84. The van der Waals surface area contributed by atoms with Gasteiger partial charge in [0, 0.05) is 5.69 Å². The minimum atomic E-state index is -3.41. The van der Waals surface area contributed by atoms with Gasteiger partial charge in [-0.1, -0.05) is 47.6 Å². The van der Waals surface area contributed by atoms with Crippen molar-refractivity contribution in [1.82, 2.24) is 10.1 Å². The predicted octanol–water partition coefficient (Wildman–Crippen LogP) is 4.33. The average Bonchev–Trinajstić information content (AvgIpc) is 3.27. The third-order valence-corrected chi connectivity index (χ3v) is 6.35. The number of benzene rings is 3. The van der Waals surface area contributed by atoms with E-state index in [2.05, 4.69) is 15.5 Å². The van der Waals surface area contributed by atoms with Crippen LogP contribution in [0.3, 0.4) is 0 Å². The summed E-state index contributed by atoms with van der Waals surface area (Å²) in [5, 5.41) is 7.22. The normalized spacial score (nSPS) is 11.3. The maximum Gasteiger partial charge on any atom is 0.246 e. The smallest absolute Gasteiger partial charge is 0.246 e. The van der Waals surface area contributed by atoms with E-state index in [-0.39, 0.29) is 5.75 Å². The van der Waals surface area contributed by atoms with Crippen molar-refractivity contribution in [1.29, 1.82) is 0 Å². The highest BCUT2D eigenvalue weighted by molar-refractivity contribution is 7.90. The molecule has 0 atom stereocenters. The van der Waals surface area contributed by atoms with Crippen LogP contribution < -0.4 is 10.1 Å². The van der Waals surface area contributed by atoms with E-state index in [1.54, 1.807) is 49.6 Å². The molecule has 158 valence electrons. The molecular formula is C23H21N3O4S. The molecule has 0 amide bonds. The molecule has 0 bridgehead atoms. The highest BCUT2D eigenvalue weighted by Gasteiger charge is 2.16. The second kappa shape index (κ2) is 9.01. The molecule has 0 spiro atoms. The van der Waals surface area contributed by atoms with Crippen LogP contribution in [0, 0.1) is 0 Å². The lowest BCUT2D eigenvalue weighted by molar-refractivity contribution is 0.383. The Kier molecular flexibility index (Phi) is 5.99. The van der Waals surface area contributed by atoms with Gasteiger partial charge in [-0.3, -0.25) is 0 Å². The molecule has 8 heteroatoms. The molecule has 0 saturated heterocycles. The van der Waals surface area contributed by atoms with Crippen molar-refractivity contribution in [3.05, 3.63) is 90.3 Å². The molecule has 1 aromatic heterocycles. The van der Waals surface area contributed by atoms with Crippen LogP contribution in [0.5, 0.6) is 5.75 Å². The second-order valence-corrected chi connectivity index (χ2v) is 8.83. The number of nitrogens with zero attached hydrogens (tertiary/aromatic N) is 2. The quantitative estimate of drug-likeness (QED) is 0.440. The number of anilines is 1. The van der Waals surface area contributed by atoms with Crippen molar-refractivity contribution in [2.45, 2.75) is 17.2 Å². The first-order valence-corrected chi connectivity index (χ1v) is 11.3. The summed E-state index contributed by atoms with van der Waals surface area (Å²) in [6.07, 6.45) is 0. The number of para-hydroxylation sites is 1. The number of ether oxygens (including phenoxy) is 1. The summed E-state index contributed by atoms with van der Waals surface area (Å²) in [6, 6.07) is 23.1. The lowest BCUT2D eigenvalue weighted by Crippen LogP contribution is -2.06. The van der Waals surface area contributed by atoms with E-state index in [0.717, 1.165) is 11.3 Å². The summed E-state index contributed by atoms with van der Waals surface area (Å²) >= 11 is 0. The third kappa shape index (κ3) is 4.92. The van der Waals surface area contributed by atoms with Crippen LogP contribution in [0.4, 0.5) is 5.69 Å². The topological polar surface area (TPSA) is 94.3 Å². The van der Waals surface area contributed by atoms with E-state index < -0.39 is 9.84 Å². The summed E-state index contributed by atoms with van der Waals surface area (Å²) in [7, 11) is -1.82. The number of methoxy groups -OCH3 is 1. The summed E-state index contributed by atoms with van der Waals surface area (Å²) < 4.78 is 35.9. The van der Waals surface area contributed by atoms with Crippen molar-refractivity contribution >= 4 is 15.5 Å². The van der Waals surface area contributed by atoms with Gasteiger partial charge in [0.15, 0.2) is 9.84 Å². The van der Waals surface area contributed by atoms with Gasteiger partial charge >= 0.3 is 0 Å². The van der Waals surface area contributed by atoms with Crippen LogP contribution in [0.2, 0.25) is 0 Å². The lowest BCUT2D eigenvalue weighted by Gasteiger charge is -2.08. The SMILES string of the molecule is COc1ccccc1-c1noc(CNc2cccc(CS(=O)(=O)c3ccccc3)c2)n1. The molecule has 4 aromatic rings. The van der Waals surface area contributed by atoms with Gasteiger partial charge in [-0.15, -0.1) is 0 Å². The summed E-state index contributed by atoms with van der Waals surface area (Å²) in [6.45, 7) is 0.303. The van der Waals surface area contributed by atoms with Crippen molar-refractivity contribution in [2.75, 3.05) is 12.4 Å². The Morgan fingerprint density at radius 1 is 0.968 bits per heavy atom. The van der Waals surface area contributed by atoms with Gasteiger partial charge in [0.1, 0.15) is 5.75 Å². The molecule has 1 heterocycles. The number of aromatic nitrogens is 2. The fourth-order valence-corrected chi connectivity index (χ4v) is 4.50. The van der Waals surface area contributed by atoms with E-state index in [1.165, 1.54) is 0 Å². The minimum absolute atomic E-state index is 0.0783. The molecule has 31 heavy (non-hydrogen) atoms. The van der Waals surface area contributed by atoms with Gasteiger partial charge in [0.2, 0.25) is 11.7 Å². The van der Waals surface area contributed by atoms with Crippen LogP contribution in [0.15, 0.2) is 88.3 Å². The van der Waals surface area contributed by atoms with Crippen molar-refractivity contribution in [2.24, 2.45) is 0 Å². The van der Waals surface area contributed by atoms with Gasteiger partial charge < -0.3 is 14.6 Å². The number of hydrogen-bond donors (Lipinski definition) is 1. The monoisotopic (exact) mass is 435 g/mol. The van der Waals surface area contributed by atoms with Gasteiger partial charge in [-0.25, -0.2) is 8.42 Å². The zero-order chi connectivity index (χ0) is 21.7. The Labute approximate surface area is 180 Å². The molecule has 0 aliphatic rings. The maximum absolute atomic E-state index is 12.6. The van der Waals surface area contributed by atoms with Gasteiger partial charge in [-0.2, -0.15) is 4.98 Å². The van der Waals surface area contributed by atoms with Crippen molar-refractivity contribution in [3.8, 4) is 17.1 Å². The van der Waals surface area contributed by atoms with E-state index >= 15 is 0 Å². The highest BCUT2D eigenvalue weighted by atomic mass is 32.2. The molecule has 0 aliphatic heterocycles. The van der Waals surface area contributed by atoms with Gasteiger partial charge in [0.05, 0.1) is 29.9 Å². The standard InChI is InChI=1S/C23H21N3O4S/c1-29-21-13-6-5-12-20(21)23-25-22(30-26-23)15-24-18-9-7-8-17(14-18)16-31(27,28)19-10-3-2-4-11-19/h2-14,24H,15-16H2,1H3. The largest absolute Gasteiger partial charge is 0.496 e. The van der Waals surface area contributed by atoms with Crippen molar-refractivity contribution < 1.29 is 17.7 Å². The van der Waals surface area contributed by atoms with E-state index in [9.17, 15) is 8.42 Å². The maximum atomic E-state index is 12.6. The lowest BCUT2D eigenvalue weighted by atomic mass is 10.2. The minimum Gasteiger partial charge on any atom is -0.496 e. The number of nitrogens with one attached hydrogen (secondary N) is 1. The number of hydrogen-bond acceptors (Lipinski definition) is 7. The molecule has 0 saturated carbocycles. The Morgan fingerprint density at radius 3 is 2.55 bits per heavy atom. The first kappa shape index (κ1) is 20.6.